The number of nitrogens with zero attached hydrogens (tertiary/aromatic N) is 1. The summed E-state index contributed by atoms with van der Waals surface area (Å²) in [6.45, 7) is 7.98. The van der Waals surface area contributed by atoms with Gasteiger partial charge in [0.1, 0.15) is 0 Å². The van der Waals surface area contributed by atoms with Gasteiger partial charge in [-0.25, -0.2) is 0 Å². The molecule has 1 aromatic heterocycles. The molecule has 1 aromatic rings. The Morgan fingerprint density at radius 3 is 2.75 bits per heavy atom. The van der Waals surface area contributed by atoms with E-state index in [2.05, 4.69) is 29.4 Å². The third-order valence-electron chi connectivity index (χ3n) is 4.69. The highest BCUT2D eigenvalue weighted by Gasteiger charge is 2.20. The van der Waals surface area contributed by atoms with E-state index in [0.717, 1.165) is 19.0 Å². The minimum Gasteiger partial charge on any atom is -0.355 e. The lowest BCUT2D eigenvalue weighted by atomic mass is 9.98. The Morgan fingerprint density at radius 1 is 1.33 bits per heavy atom. The average Bonchev–Trinajstić information content (AvgIpc) is 3.11. The van der Waals surface area contributed by atoms with Crippen LogP contribution in [-0.4, -0.2) is 48.9 Å². The number of hydrogen-bond acceptors (Lipinski definition) is 4. The van der Waals surface area contributed by atoms with E-state index >= 15 is 0 Å². The van der Waals surface area contributed by atoms with Crippen LogP contribution in [0.5, 0.6) is 0 Å². The molecule has 1 saturated heterocycles. The van der Waals surface area contributed by atoms with Crippen molar-refractivity contribution < 1.29 is 9.59 Å². The third-order valence-corrected chi connectivity index (χ3v) is 5.37. The monoisotopic (exact) mass is 351 g/mol. The van der Waals surface area contributed by atoms with Crippen molar-refractivity contribution in [3.8, 4) is 0 Å². The van der Waals surface area contributed by atoms with E-state index < -0.39 is 0 Å². The number of thiophene rings is 1. The van der Waals surface area contributed by atoms with E-state index in [4.69, 9.17) is 0 Å². The maximum absolute atomic E-state index is 11.9. The second-order valence-corrected chi connectivity index (χ2v) is 7.52. The van der Waals surface area contributed by atoms with Crippen LogP contribution in [0.4, 0.5) is 0 Å². The first-order chi connectivity index (χ1) is 11.6. The van der Waals surface area contributed by atoms with Crippen molar-refractivity contribution in [2.45, 2.75) is 45.6 Å². The SMILES string of the molecule is CC1CCN(C(C)CNC(=O)CCCNC(=O)c2ccsc2)CC1. The standard InChI is InChI=1S/C18H29N3O2S/c1-14-5-9-21(10-6-14)15(2)12-20-17(22)4-3-8-19-18(23)16-7-11-24-13-16/h7,11,13-15H,3-6,8-10,12H2,1-2H3,(H,19,23)(H,20,22). The maximum atomic E-state index is 11.9. The fraction of sp³-hybridized carbons (Fsp3) is 0.667. The number of nitrogens with one attached hydrogen (secondary N) is 2. The minimum absolute atomic E-state index is 0.0652. The Balaban J connectivity index is 1.54. The fourth-order valence-electron chi connectivity index (χ4n) is 2.89. The lowest BCUT2D eigenvalue weighted by Gasteiger charge is -2.35. The number of hydrogen-bond donors (Lipinski definition) is 2. The van der Waals surface area contributed by atoms with Gasteiger partial charge in [-0.1, -0.05) is 6.92 Å². The number of piperidine rings is 1. The summed E-state index contributed by atoms with van der Waals surface area (Å²) in [6.07, 6.45) is 3.62. The summed E-state index contributed by atoms with van der Waals surface area (Å²) in [5.41, 5.74) is 0.689. The summed E-state index contributed by atoms with van der Waals surface area (Å²) >= 11 is 1.50. The van der Waals surface area contributed by atoms with Crippen LogP contribution in [0.3, 0.4) is 0 Å². The van der Waals surface area contributed by atoms with Gasteiger partial charge >= 0.3 is 0 Å². The van der Waals surface area contributed by atoms with Crippen molar-refractivity contribution >= 4 is 23.2 Å². The molecule has 5 nitrogen and oxygen atoms in total. The van der Waals surface area contributed by atoms with Crippen molar-refractivity contribution in [3.63, 3.8) is 0 Å². The molecule has 2 N–H and O–H groups in total. The quantitative estimate of drug-likeness (QED) is 0.708. The van der Waals surface area contributed by atoms with Crippen LogP contribution in [0.15, 0.2) is 16.8 Å². The molecule has 134 valence electrons. The zero-order valence-electron chi connectivity index (χ0n) is 14.7. The third kappa shape index (κ3) is 6.24. The van der Waals surface area contributed by atoms with Gasteiger partial charge in [0.2, 0.25) is 5.91 Å². The van der Waals surface area contributed by atoms with Gasteiger partial charge in [0.05, 0.1) is 0 Å². The van der Waals surface area contributed by atoms with Crippen LogP contribution >= 0.6 is 11.3 Å². The zero-order valence-corrected chi connectivity index (χ0v) is 15.5. The highest BCUT2D eigenvalue weighted by Crippen LogP contribution is 2.17. The van der Waals surface area contributed by atoms with E-state index in [1.165, 1.54) is 24.2 Å². The topological polar surface area (TPSA) is 61.4 Å². The summed E-state index contributed by atoms with van der Waals surface area (Å²) in [6, 6.07) is 2.19. The molecule has 1 aliphatic rings. The average molecular weight is 352 g/mol. The molecule has 0 aromatic carbocycles. The van der Waals surface area contributed by atoms with E-state index in [1.54, 1.807) is 6.07 Å². The Kier molecular flexibility index (Phi) is 7.72. The molecule has 24 heavy (non-hydrogen) atoms. The highest BCUT2D eigenvalue weighted by molar-refractivity contribution is 7.08. The second-order valence-electron chi connectivity index (χ2n) is 6.74. The van der Waals surface area contributed by atoms with Crippen LogP contribution in [0.2, 0.25) is 0 Å². The second kappa shape index (κ2) is 9.79. The van der Waals surface area contributed by atoms with Crippen LogP contribution in [0.25, 0.3) is 0 Å². The first-order valence-electron chi connectivity index (χ1n) is 8.87. The molecular formula is C18H29N3O2S. The fourth-order valence-corrected chi connectivity index (χ4v) is 3.53. The maximum Gasteiger partial charge on any atom is 0.252 e. The predicted octanol–water partition coefficient (Wildman–Crippen LogP) is 2.49. The molecule has 0 bridgehead atoms. The van der Waals surface area contributed by atoms with Gasteiger partial charge in [0, 0.05) is 36.5 Å². The number of carbonyl (C=O) groups is 2. The highest BCUT2D eigenvalue weighted by atomic mass is 32.1. The molecule has 0 aliphatic carbocycles. The summed E-state index contributed by atoms with van der Waals surface area (Å²) in [5.74, 6) is 0.828. The van der Waals surface area contributed by atoms with Crippen molar-refractivity contribution in [2.24, 2.45) is 5.92 Å². The molecule has 1 unspecified atom stereocenters. The van der Waals surface area contributed by atoms with Crippen molar-refractivity contribution in [2.75, 3.05) is 26.2 Å². The summed E-state index contributed by atoms with van der Waals surface area (Å²) in [7, 11) is 0. The Hall–Kier alpha value is -1.40. The molecular weight excluding hydrogens is 322 g/mol. The van der Waals surface area contributed by atoms with E-state index in [1.807, 2.05) is 10.8 Å². The molecule has 0 spiro atoms. The first-order valence-corrected chi connectivity index (χ1v) is 9.81. The van der Waals surface area contributed by atoms with Gasteiger partial charge in [-0.2, -0.15) is 11.3 Å². The number of amides is 2. The lowest BCUT2D eigenvalue weighted by Crippen LogP contribution is -2.45. The Labute approximate surface area is 148 Å². The van der Waals surface area contributed by atoms with E-state index in [-0.39, 0.29) is 11.8 Å². The molecule has 1 aliphatic heterocycles. The number of carbonyl (C=O) groups excluding carboxylic acids is 2. The zero-order chi connectivity index (χ0) is 17.4. The Bertz CT molecular complexity index is 510. The van der Waals surface area contributed by atoms with Crippen molar-refractivity contribution in [3.05, 3.63) is 22.4 Å². The molecule has 2 rings (SSSR count). The van der Waals surface area contributed by atoms with Gasteiger partial charge in [-0.05, 0) is 56.6 Å². The summed E-state index contributed by atoms with van der Waals surface area (Å²) in [5, 5.41) is 9.56. The largest absolute Gasteiger partial charge is 0.355 e. The van der Waals surface area contributed by atoms with Crippen LogP contribution in [-0.2, 0) is 4.79 Å². The number of likely N-dealkylation sites (tertiary alicyclic amines) is 1. The minimum atomic E-state index is -0.0652. The molecule has 1 fully saturated rings. The molecule has 0 radical (unpaired) electrons. The van der Waals surface area contributed by atoms with Gasteiger partial charge in [0.15, 0.2) is 0 Å². The molecule has 2 amide bonds. The van der Waals surface area contributed by atoms with E-state index in [9.17, 15) is 9.59 Å². The van der Waals surface area contributed by atoms with Crippen molar-refractivity contribution in [1.29, 1.82) is 0 Å². The first kappa shape index (κ1) is 18.9. The summed E-state index contributed by atoms with van der Waals surface area (Å²) < 4.78 is 0. The number of rotatable bonds is 8. The van der Waals surface area contributed by atoms with Crippen molar-refractivity contribution in [1.82, 2.24) is 15.5 Å². The van der Waals surface area contributed by atoms with Crippen LogP contribution in [0, 0.1) is 5.92 Å². The van der Waals surface area contributed by atoms with Gasteiger partial charge in [-0.15, -0.1) is 0 Å². The predicted molar refractivity (Wildman–Crippen MR) is 98.3 cm³/mol. The summed E-state index contributed by atoms with van der Waals surface area (Å²) in [4.78, 5) is 26.1. The smallest absolute Gasteiger partial charge is 0.252 e. The van der Waals surface area contributed by atoms with Crippen LogP contribution in [0.1, 0.15) is 49.9 Å². The molecule has 6 heteroatoms. The molecule has 2 heterocycles. The Morgan fingerprint density at radius 2 is 2.08 bits per heavy atom. The van der Waals surface area contributed by atoms with E-state index in [0.29, 0.717) is 37.5 Å². The van der Waals surface area contributed by atoms with Crippen LogP contribution < -0.4 is 10.6 Å². The normalized spacial score (nSPS) is 17.4. The van der Waals surface area contributed by atoms with Gasteiger partial charge < -0.3 is 10.6 Å². The molecule has 0 saturated carbocycles. The molecule has 1 atom stereocenters. The lowest BCUT2D eigenvalue weighted by molar-refractivity contribution is -0.121. The van der Waals surface area contributed by atoms with Gasteiger partial charge in [-0.3, -0.25) is 14.5 Å². The van der Waals surface area contributed by atoms with Gasteiger partial charge in [0.25, 0.3) is 5.91 Å².